The molecule has 146 valence electrons. The van der Waals surface area contributed by atoms with Crippen molar-refractivity contribution in [3.05, 3.63) is 69.5 Å². The fourth-order valence-corrected chi connectivity index (χ4v) is 4.24. The molecule has 1 heterocycles. The van der Waals surface area contributed by atoms with Crippen LogP contribution in [-0.4, -0.2) is 21.2 Å². The molecule has 0 aliphatic carbocycles. The standard InChI is InChI=1S/C21H22ClN3O2S/c1-13(2)25-20(27)16-9-5-7-11-18(16)24-21(25)28-12-19(26)23-14(3)15-8-4-6-10-17(15)22/h4-11,13-14H,12H2,1-3H3,(H,23,26). The number of amides is 1. The quantitative estimate of drug-likeness (QED) is 0.472. The largest absolute Gasteiger partial charge is 0.349 e. The smallest absolute Gasteiger partial charge is 0.262 e. The highest BCUT2D eigenvalue weighted by Crippen LogP contribution is 2.23. The Morgan fingerprint density at radius 3 is 2.54 bits per heavy atom. The summed E-state index contributed by atoms with van der Waals surface area (Å²) in [5, 5.41) is 4.69. The van der Waals surface area contributed by atoms with Gasteiger partial charge in [-0.1, -0.05) is 53.7 Å². The second kappa shape index (κ2) is 8.80. The molecule has 1 aromatic heterocycles. The normalized spacial score (nSPS) is 12.3. The van der Waals surface area contributed by atoms with Crippen LogP contribution < -0.4 is 10.9 Å². The van der Waals surface area contributed by atoms with Crippen molar-refractivity contribution in [2.75, 3.05) is 5.75 Å². The molecule has 0 spiro atoms. The minimum Gasteiger partial charge on any atom is -0.349 e. The van der Waals surface area contributed by atoms with E-state index in [0.29, 0.717) is 21.1 Å². The van der Waals surface area contributed by atoms with Gasteiger partial charge in [0, 0.05) is 11.1 Å². The number of benzene rings is 2. The van der Waals surface area contributed by atoms with Gasteiger partial charge in [-0.2, -0.15) is 0 Å². The molecule has 2 aromatic carbocycles. The lowest BCUT2D eigenvalue weighted by Crippen LogP contribution is -2.29. The first-order valence-electron chi connectivity index (χ1n) is 9.06. The fraction of sp³-hybridized carbons (Fsp3) is 0.286. The van der Waals surface area contributed by atoms with Gasteiger partial charge in [-0.15, -0.1) is 0 Å². The molecule has 1 atom stereocenters. The molecule has 1 unspecified atom stereocenters. The van der Waals surface area contributed by atoms with E-state index in [4.69, 9.17) is 11.6 Å². The van der Waals surface area contributed by atoms with Crippen LogP contribution in [0.25, 0.3) is 10.9 Å². The Hall–Kier alpha value is -2.31. The lowest BCUT2D eigenvalue weighted by atomic mass is 10.1. The van der Waals surface area contributed by atoms with Gasteiger partial charge < -0.3 is 5.32 Å². The Morgan fingerprint density at radius 1 is 1.14 bits per heavy atom. The summed E-state index contributed by atoms with van der Waals surface area (Å²) >= 11 is 7.46. The third kappa shape index (κ3) is 4.39. The number of rotatable bonds is 6. The molecule has 0 saturated carbocycles. The number of thioether (sulfide) groups is 1. The van der Waals surface area contributed by atoms with Crippen LogP contribution in [0, 0.1) is 0 Å². The Labute approximate surface area is 173 Å². The summed E-state index contributed by atoms with van der Waals surface area (Å²) in [7, 11) is 0. The fourth-order valence-electron chi connectivity index (χ4n) is 3.00. The molecule has 28 heavy (non-hydrogen) atoms. The molecular formula is C21H22ClN3O2S. The Bertz CT molecular complexity index is 1060. The van der Waals surface area contributed by atoms with Crippen LogP contribution in [0.3, 0.4) is 0 Å². The zero-order valence-electron chi connectivity index (χ0n) is 16.0. The van der Waals surface area contributed by atoms with Crippen LogP contribution in [-0.2, 0) is 4.79 Å². The molecule has 0 radical (unpaired) electrons. The van der Waals surface area contributed by atoms with Gasteiger partial charge in [0.2, 0.25) is 5.91 Å². The van der Waals surface area contributed by atoms with Crippen molar-refractivity contribution < 1.29 is 4.79 Å². The van der Waals surface area contributed by atoms with Gasteiger partial charge in [0.05, 0.1) is 22.7 Å². The first-order chi connectivity index (χ1) is 13.4. The molecule has 3 rings (SSSR count). The molecule has 1 amide bonds. The number of hydrogen-bond acceptors (Lipinski definition) is 4. The van der Waals surface area contributed by atoms with Crippen molar-refractivity contribution in [3.63, 3.8) is 0 Å². The van der Waals surface area contributed by atoms with Gasteiger partial charge in [0.25, 0.3) is 5.56 Å². The van der Waals surface area contributed by atoms with E-state index in [-0.39, 0.29) is 29.3 Å². The maximum Gasteiger partial charge on any atom is 0.262 e. The van der Waals surface area contributed by atoms with Crippen LogP contribution in [0.2, 0.25) is 5.02 Å². The number of nitrogens with one attached hydrogen (secondary N) is 1. The number of aromatic nitrogens is 2. The molecule has 5 nitrogen and oxygen atoms in total. The predicted molar refractivity (Wildman–Crippen MR) is 115 cm³/mol. The van der Waals surface area contributed by atoms with E-state index in [1.165, 1.54) is 11.8 Å². The Balaban J connectivity index is 1.78. The van der Waals surface area contributed by atoms with E-state index < -0.39 is 0 Å². The van der Waals surface area contributed by atoms with Crippen molar-refractivity contribution in [2.45, 2.75) is 38.0 Å². The average Bonchev–Trinajstić information content (AvgIpc) is 2.66. The van der Waals surface area contributed by atoms with Crippen molar-refractivity contribution in [2.24, 2.45) is 0 Å². The molecule has 7 heteroatoms. The zero-order chi connectivity index (χ0) is 20.3. The number of halogens is 1. The maximum atomic E-state index is 12.8. The van der Waals surface area contributed by atoms with E-state index in [1.807, 2.05) is 57.2 Å². The summed E-state index contributed by atoms with van der Waals surface area (Å²) in [6, 6.07) is 14.4. The molecule has 3 aromatic rings. The second-order valence-electron chi connectivity index (χ2n) is 6.78. The highest BCUT2D eigenvalue weighted by Gasteiger charge is 2.17. The zero-order valence-corrected chi connectivity index (χ0v) is 17.6. The van der Waals surface area contributed by atoms with Crippen LogP contribution >= 0.6 is 23.4 Å². The molecule has 0 aliphatic heterocycles. The minimum atomic E-state index is -0.210. The van der Waals surface area contributed by atoms with E-state index >= 15 is 0 Å². The molecule has 0 fully saturated rings. The van der Waals surface area contributed by atoms with Crippen LogP contribution in [0.15, 0.2) is 58.5 Å². The summed E-state index contributed by atoms with van der Waals surface area (Å²) in [6.07, 6.45) is 0. The van der Waals surface area contributed by atoms with E-state index in [0.717, 1.165) is 5.56 Å². The summed E-state index contributed by atoms with van der Waals surface area (Å²) in [6.45, 7) is 5.75. The lowest BCUT2D eigenvalue weighted by molar-refractivity contribution is -0.119. The van der Waals surface area contributed by atoms with Crippen molar-refractivity contribution in [1.29, 1.82) is 0 Å². The highest BCUT2D eigenvalue weighted by molar-refractivity contribution is 7.99. The molecule has 0 bridgehead atoms. The maximum absolute atomic E-state index is 12.8. The summed E-state index contributed by atoms with van der Waals surface area (Å²) in [5.74, 6) is 0.0156. The first kappa shape index (κ1) is 20.4. The van der Waals surface area contributed by atoms with E-state index in [9.17, 15) is 9.59 Å². The van der Waals surface area contributed by atoms with Gasteiger partial charge in [-0.05, 0) is 44.5 Å². The molecule has 0 aliphatic rings. The predicted octanol–water partition coefficient (Wildman–Crippen LogP) is 4.60. The highest BCUT2D eigenvalue weighted by atomic mass is 35.5. The van der Waals surface area contributed by atoms with Crippen molar-refractivity contribution >= 4 is 40.2 Å². The topological polar surface area (TPSA) is 64.0 Å². The lowest BCUT2D eigenvalue weighted by Gasteiger charge is -2.17. The monoisotopic (exact) mass is 415 g/mol. The number of carbonyl (C=O) groups excluding carboxylic acids is 1. The van der Waals surface area contributed by atoms with Gasteiger partial charge in [0.1, 0.15) is 0 Å². The van der Waals surface area contributed by atoms with Crippen molar-refractivity contribution in [3.8, 4) is 0 Å². The van der Waals surface area contributed by atoms with Gasteiger partial charge in [-0.3, -0.25) is 14.2 Å². The number of para-hydroxylation sites is 1. The van der Waals surface area contributed by atoms with E-state index in [1.54, 1.807) is 16.7 Å². The number of hydrogen-bond donors (Lipinski definition) is 1. The summed E-state index contributed by atoms with van der Waals surface area (Å²) < 4.78 is 1.64. The second-order valence-corrected chi connectivity index (χ2v) is 8.13. The third-order valence-corrected chi connectivity index (χ3v) is 5.67. The Kier molecular flexibility index (Phi) is 6.42. The van der Waals surface area contributed by atoms with Gasteiger partial charge >= 0.3 is 0 Å². The number of nitrogens with zero attached hydrogens (tertiary/aromatic N) is 2. The first-order valence-corrected chi connectivity index (χ1v) is 10.4. The summed E-state index contributed by atoms with van der Waals surface area (Å²) in [5.41, 5.74) is 1.41. The number of carbonyl (C=O) groups is 1. The van der Waals surface area contributed by atoms with Crippen LogP contribution in [0.5, 0.6) is 0 Å². The SMILES string of the molecule is CC(NC(=O)CSc1nc2ccccc2c(=O)n1C(C)C)c1ccccc1Cl. The summed E-state index contributed by atoms with van der Waals surface area (Å²) in [4.78, 5) is 29.9. The molecule has 1 N–H and O–H groups in total. The molecular weight excluding hydrogens is 394 g/mol. The van der Waals surface area contributed by atoms with E-state index in [2.05, 4.69) is 10.3 Å². The van der Waals surface area contributed by atoms with Crippen molar-refractivity contribution in [1.82, 2.24) is 14.9 Å². The van der Waals surface area contributed by atoms with Crippen LogP contribution in [0.1, 0.15) is 38.4 Å². The minimum absolute atomic E-state index is 0.0581. The van der Waals surface area contributed by atoms with Gasteiger partial charge in [-0.25, -0.2) is 4.98 Å². The third-order valence-electron chi connectivity index (χ3n) is 4.37. The Morgan fingerprint density at radius 2 is 1.82 bits per heavy atom. The van der Waals surface area contributed by atoms with Crippen LogP contribution in [0.4, 0.5) is 0 Å². The van der Waals surface area contributed by atoms with Gasteiger partial charge in [0.15, 0.2) is 5.16 Å². The molecule has 0 saturated heterocycles. The average molecular weight is 416 g/mol. The number of fused-ring (bicyclic) bond motifs is 1.